The van der Waals surface area contributed by atoms with E-state index in [1.165, 1.54) is 12.8 Å². The first-order chi connectivity index (χ1) is 11.0. The fourth-order valence-corrected chi connectivity index (χ4v) is 3.78. The van der Waals surface area contributed by atoms with Crippen molar-refractivity contribution in [1.29, 1.82) is 0 Å². The van der Waals surface area contributed by atoms with E-state index in [2.05, 4.69) is 58.1 Å². The van der Waals surface area contributed by atoms with E-state index in [4.69, 9.17) is 0 Å². The van der Waals surface area contributed by atoms with E-state index in [1.807, 2.05) is 6.07 Å². The lowest BCUT2D eigenvalue weighted by Crippen LogP contribution is -2.50. The van der Waals surface area contributed by atoms with Gasteiger partial charge in [0.15, 0.2) is 5.82 Å². The Kier molecular flexibility index (Phi) is 5.14. The Morgan fingerprint density at radius 3 is 3.00 bits per heavy atom. The lowest BCUT2D eigenvalue weighted by atomic mass is 9.80. The molecule has 2 aliphatic rings. The van der Waals surface area contributed by atoms with E-state index in [1.54, 1.807) is 6.20 Å². The number of hydrazine groups is 1. The molecule has 2 aliphatic heterocycles. The van der Waals surface area contributed by atoms with Gasteiger partial charge in [-0.2, -0.15) is 5.10 Å². The minimum Gasteiger partial charge on any atom is -0.354 e. The van der Waals surface area contributed by atoms with Crippen molar-refractivity contribution in [2.75, 3.05) is 31.1 Å². The second-order valence-corrected chi connectivity index (χ2v) is 7.90. The summed E-state index contributed by atoms with van der Waals surface area (Å²) in [5.41, 5.74) is 7.05. The first-order valence-electron chi connectivity index (χ1n) is 8.78. The van der Waals surface area contributed by atoms with Crippen LogP contribution >= 0.6 is 0 Å². The number of hydrogen-bond acceptors (Lipinski definition) is 6. The van der Waals surface area contributed by atoms with Gasteiger partial charge in [0.25, 0.3) is 0 Å². The van der Waals surface area contributed by atoms with Crippen LogP contribution in [-0.2, 0) is 0 Å². The zero-order valence-electron chi connectivity index (χ0n) is 14.5. The van der Waals surface area contributed by atoms with Gasteiger partial charge in [-0.15, -0.1) is 5.10 Å². The average molecular weight is 318 g/mol. The van der Waals surface area contributed by atoms with Crippen molar-refractivity contribution in [1.82, 2.24) is 26.4 Å². The number of anilines is 1. The van der Waals surface area contributed by atoms with E-state index >= 15 is 0 Å². The van der Waals surface area contributed by atoms with Crippen LogP contribution in [0.4, 0.5) is 5.82 Å². The molecule has 0 radical (unpaired) electrons. The second kappa shape index (κ2) is 7.11. The van der Waals surface area contributed by atoms with Gasteiger partial charge in [-0.3, -0.25) is 10.9 Å². The smallest absolute Gasteiger partial charge is 0.151 e. The van der Waals surface area contributed by atoms with Gasteiger partial charge in [0.1, 0.15) is 0 Å². The van der Waals surface area contributed by atoms with Crippen molar-refractivity contribution in [2.45, 2.75) is 45.7 Å². The van der Waals surface area contributed by atoms with Crippen LogP contribution in [0.25, 0.3) is 0 Å². The van der Waals surface area contributed by atoms with Crippen LogP contribution in [0.5, 0.6) is 0 Å². The molecule has 3 unspecified atom stereocenters. The van der Waals surface area contributed by atoms with Gasteiger partial charge in [0.2, 0.25) is 0 Å². The van der Waals surface area contributed by atoms with Crippen molar-refractivity contribution in [2.24, 2.45) is 11.3 Å². The fraction of sp³-hybridized carbons (Fsp3) is 0.765. The monoisotopic (exact) mass is 318 g/mol. The van der Waals surface area contributed by atoms with Gasteiger partial charge in [-0.25, -0.2) is 0 Å². The topological polar surface area (TPSA) is 65.1 Å². The molecule has 2 saturated heterocycles. The molecule has 0 bridgehead atoms. The maximum absolute atomic E-state index is 4.25. The minimum absolute atomic E-state index is 0.272. The normalized spacial score (nSPS) is 29.0. The van der Waals surface area contributed by atoms with Crippen LogP contribution in [0.15, 0.2) is 18.3 Å². The van der Waals surface area contributed by atoms with Gasteiger partial charge in [-0.05, 0) is 30.4 Å². The summed E-state index contributed by atoms with van der Waals surface area (Å²) >= 11 is 0. The summed E-state index contributed by atoms with van der Waals surface area (Å²) in [6.45, 7) is 11.1. The summed E-state index contributed by atoms with van der Waals surface area (Å²) in [6, 6.07) is 5.06. The van der Waals surface area contributed by atoms with E-state index < -0.39 is 0 Å². The highest BCUT2D eigenvalue weighted by molar-refractivity contribution is 5.37. The van der Waals surface area contributed by atoms with Crippen molar-refractivity contribution in [3.63, 3.8) is 0 Å². The van der Waals surface area contributed by atoms with Gasteiger partial charge in [0.05, 0.1) is 0 Å². The predicted molar refractivity (Wildman–Crippen MR) is 93.1 cm³/mol. The number of nitrogens with zero attached hydrogens (tertiary/aromatic N) is 3. The van der Waals surface area contributed by atoms with Crippen molar-refractivity contribution >= 4 is 5.82 Å². The van der Waals surface area contributed by atoms with Crippen molar-refractivity contribution in [3.05, 3.63) is 18.3 Å². The maximum Gasteiger partial charge on any atom is 0.151 e. The van der Waals surface area contributed by atoms with E-state index in [0.29, 0.717) is 18.0 Å². The third kappa shape index (κ3) is 4.19. The molecule has 0 saturated carbocycles. The van der Waals surface area contributed by atoms with Gasteiger partial charge < -0.3 is 10.2 Å². The largest absolute Gasteiger partial charge is 0.354 e. The van der Waals surface area contributed by atoms with Gasteiger partial charge in [-0.1, -0.05) is 20.8 Å². The average Bonchev–Trinajstić information content (AvgIpc) is 3.03. The highest BCUT2D eigenvalue weighted by Gasteiger charge is 2.36. The van der Waals surface area contributed by atoms with Crippen LogP contribution in [-0.4, -0.2) is 48.5 Å². The minimum atomic E-state index is 0.272. The molecule has 3 rings (SSSR count). The molecule has 6 nitrogen and oxygen atoms in total. The summed E-state index contributed by atoms with van der Waals surface area (Å²) in [4.78, 5) is 2.35. The van der Waals surface area contributed by atoms with Crippen LogP contribution < -0.4 is 21.1 Å². The molecule has 3 atom stereocenters. The van der Waals surface area contributed by atoms with Crippen molar-refractivity contribution < 1.29 is 0 Å². The van der Waals surface area contributed by atoms with Crippen LogP contribution in [0.1, 0.15) is 33.6 Å². The van der Waals surface area contributed by atoms with Crippen LogP contribution in [0.2, 0.25) is 0 Å². The summed E-state index contributed by atoms with van der Waals surface area (Å²) in [5, 5.41) is 12.0. The Morgan fingerprint density at radius 2 is 2.26 bits per heavy atom. The van der Waals surface area contributed by atoms with Crippen molar-refractivity contribution in [3.8, 4) is 0 Å². The molecule has 6 heteroatoms. The third-order valence-corrected chi connectivity index (χ3v) is 5.00. The summed E-state index contributed by atoms with van der Waals surface area (Å²) < 4.78 is 0. The Labute approximate surface area is 139 Å². The molecule has 0 aromatic carbocycles. The molecule has 0 amide bonds. The molecule has 3 heterocycles. The number of nitrogens with one attached hydrogen (secondary N) is 3. The van der Waals surface area contributed by atoms with Crippen LogP contribution in [0, 0.1) is 11.3 Å². The SMILES string of the molecule is CC(C)(C)C1NNCC1CNC1CCCN(c2cccnn2)C1. The maximum atomic E-state index is 4.25. The Bertz CT molecular complexity index is 486. The molecule has 0 aliphatic carbocycles. The molecular formula is C17H30N6. The Morgan fingerprint density at radius 1 is 1.39 bits per heavy atom. The van der Waals surface area contributed by atoms with Gasteiger partial charge >= 0.3 is 0 Å². The fourth-order valence-electron chi connectivity index (χ4n) is 3.78. The first kappa shape index (κ1) is 16.6. The summed E-state index contributed by atoms with van der Waals surface area (Å²) in [5.74, 6) is 1.62. The summed E-state index contributed by atoms with van der Waals surface area (Å²) in [7, 11) is 0. The van der Waals surface area contributed by atoms with E-state index in [9.17, 15) is 0 Å². The molecule has 128 valence electrons. The Hall–Kier alpha value is -1.24. The molecule has 2 fully saturated rings. The molecule has 1 aromatic heterocycles. The highest BCUT2D eigenvalue weighted by Crippen LogP contribution is 2.27. The zero-order chi connectivity index (χ0) is 16.3. The Balaban J connectivity index is 1.52. The molecule has 1 aromatic rings. The second-order valence-electron chi connectivity index (χ2n) is 7.90. The zero-order valence-corrected chi connectivity index (χ0v) is 14.5. The lowest BCUT2D eigenvalue weighted by molar-refractivity contribution is 0.229. The number of aromatic nitrogens is 2. The van der Waals surface area contributed by atoms with E-state index in [0.717, 1.165) is 32.0 Å². The molecule has 3 N–H and O–H groups in total. The first-order valence-corrected chi connectivity index (χ1v) is 8.78. The predicted octanol–water partition coefficient (Wildman–Crippen LogP) is 1.17. The highest BCUT2D eigenvalue weighted by atomic mass is 15.4. The number of hydrogen-bond donors (Lipinski definition) is 3. The quantitative estimate of drug-likeness (QED) is 0.775. The summed E-state index contributed by atoms with van der Waals surface area (Å²) in [6.07, 6.45) is 4.18. The molecule has 0 spiro atoms. The standard InChI is InChI=1S/C17H30N6/c1-17(2,3)16-13(11-20-22-16)10-18-14-6-5-9-23(12-14)15-7-4-8-19-21-15/h4,7-8,13-14,16,18,20,22H,5-6,9-12H2,1-3H3. The molecular weight excluding hydrogens is 288 g/mol. The third-order valence-electron chi connectivity index (χ3n) is 5.00. The number of rotatable bonds is 4. The van der Waals surface area contributed by atoms with E-state index in [-0.39, 0.29) is 5.41 Å². The van der Waals surface area contributed by atoms with Gasteiger partial charge in [0, 0.05) is 50.4 Å². The molecule has 23 heavy (non-hydrogen) atoms. The van der Waals surface area contributed by atoms with Crippen LogP contribution in [0.3, 0.4) is 0 Å². The number of piperidine rings is 1. The lowest BCUT2D eigenvalue weighted by Gasteiger charge is -2.36.